The van der Waals surface area contributed by atoms with Gasteiger partial charge in [0.05, 0.1) is 19.1 Å². The van der Waals surface area contributed by atoms with Gasteiger partial charge in [0.1, 0.15) is 16.8 Å². The van der Waals surface area contributed by atoms with Crippen molar-refractivity contribution in [1.29, 1.82) is 0 Å². The van der Waals surface area contributed by atoms with Gasteiger partial charge in [-0.3, -0.25) is 4.79 Å². The quantitative estimate of drug-likeness (QED) is 0.796. The number of morpholine rings is 1. The second-order valence-corrected chi connectivity index (χ2v) is 8.13. The number of hydrogen-bond acceptors (Lipinski definition) is 5. The molecule has 2 aliphatic rings. The van der Waals surface area contributed by atoms with Crippen molar-refractivity contribution in [2.75, 3.05) is 37.9 Å². The zero-order valence-corrected chi connectivity index (χ0v) is 14.0. The largest absolute Gasteiger partial charge is 0.378 e. The second kappa shape index (κ2) is 6.76. The van der Waals surface area contributed by atoms with Gasteiger partial charge in [0.25, 0.3) is 0 Å². The Hall–Kier alpha value is -1.16. The Kier molecular flexibility index (Phi) is 4.90. The standard InChI is InChI=1S/C14H17FN2O4S2/c15-11-3-1-2-4-13(11)23(19,20)17-10-22-9-12(17)14(18)16-5-7-21-8-6-16/h1-4,12H,5-10H2. The average Bonchev–Trinajstić information content (AvgIpc) is 3.05. The van der Waals surface area contributed by atoms with Crippen molar-refractivity contribution >= 4 is 27.7 Å². The van der Waals surface area contributed by atoms with Gasteiger partial charge in [-0.25, -0.2) is 12.8 Å². The van der Waals surface area contributed by atoms with E-state index in [1.807, 2.05) is 0 Å². The lowest BCUT2D eigenvalue weighted by molar-refractivity contribution is -0.138. The predicted molar refractivity (Wildman–Crippen MR) is 83.9 cm³/mol. The predicted octanol–water partition coefficient (Wildman–Crippen LogP) is 0.748. The number of thioether (sulfide) groups is 1. The van der Waals surface area contributed by atoms with Gasteiger partial charge in [-0.1, -0.05) is 12.1 Å². The second-order valence-electron chi connectivity index (χ2n) is 5.28. The lowest BCUT2D eigenvalue weighted by atomic mass is 10.2. The van der Waals surface area contributed by atoms with Crippen molar-refractivity contribution in [3.05, 3.63) is 30.1 Å². The smallest absolute Gasteiger partial charge is 0.247 e. The Balaban J connectivity index is 1.86. The maximum Gasteiger partial charge on any atom is 0.247 e. The molecule has 1 atom stereocenters. The highest BCUT2D eigenvalue weighted by atomic mass is 32.2. The molecule has 3 rings (SSSR count). The third kappa shape index (κ3) is 3.23. The van der Waals surface area contributed by atoms with Gasteiger partial charge in [0.2, 0.25) is 15.9 Å². The molecule has 6 nitrogen and oxygen atoms in total. The molecule has 2 aliphatic heterocycles. The number of hydrogen-bond donors (Lipinski definition) is 0. The third-order valence-electron chi connectivity index (χ3n) is 3.87. The molecule has 2 fully saturated rings. The van der Waals surface area contributed by atoms with E-state index in [0.717, 1.165) is 10.4 Å². The molecule has 2 heterocycles. The number of sulfonamides is 1. The van der Waals surface area contributed by atoms with Crippen LogP contribution in [0.15, 0.2) is 29.2 Å². The fraction of sp³-hybridized carbons (Fsp3) is 0.500. The highest BCUT2D eigenvalue weighted by Crippen LogP contribution is 2.30. The third-order valence-corrected chi connectivity index (χ3v) is 6.94. The van der Waals surface area contributed by atoms with Crippen molar-refractivity contribution in [2.24, 2.45) is 0 Å². The summed E-state index contributed by atoms with van der Waals surface area (Å²) in [5.74, 6) is -0.512. The molecule has 2 saturated heterocycles. The molecule has 0 N–H and O–H groups in total. The molecule has 0 aliphatic carbocycles. The van der Waals surface area contributed by atoms with Gasteiger partial charge in [0, 0.05) is 18.8 Å². The van der Waals surface area contributed by atoms with Crippen LogP contribution in [-0.2, 0) is 19.6 Å². The highest BCUT2D eigenvalue weighted by Gasteiger charge is 2.42. The molecule has 0 aromatic heterocycles. The number of nitrogens with zero attached hydrogens (tertiary/aromatic N) is 2. The molecular formula is C14H17FN2O4S2. The summed E-state index contributed by atoms with van der Waals surface area (Å²) in [7, 11) is -4.04. The Morgan fingerprint density at radius 2 is 1.96 bits per heavy atom. The van der Waals surface area contributed by atoms with E-state index in [4.69, 9.17) is 4.74 Å². The van der Waals surface area contributed by atoms with Crippen LogP contribution in [-0.4, -0.2) is 67.5 Å². The van der Waals surface area contributed by atoms with Gasteiger partial charge in [-0.05, 0) is 12.1 Å². The first-order chi connectivity index (χ1) is 11.0. The van der Waals surface area contributed by atoms with E-state index in [-0.39, 0.29) is 16.7 Å². The number of ether oxygens (including phenoxy) is 1. The summed E-state index contributed by atoms with van der Waals surface area (Å²) >= 11 is 1.36. The van der Waals surface area contributed by atoms with Crippen LogP contribution in [0.1, 0.15) is 0 Å². The van der Waals surface area contributed by atoms with Crippen molar-refractivity contribution in [1.82, 2.24) is 9.21 Å². The van der Waals surface area contributed by atoms with Crippen LogP contribution in [0.3, 0.4) is 0 Å². The molecule has 1 aromatic carbocycles. The first-order valence-electron chi connectivity index (χ1n) is 7.22. The van der Waals surface area contributed by atoms with E-state index in [9.17, 15) is 17.6 Å². The van der Waals surface area contributed by atoms with Crippen LogP contribution < -0.4 is 0 Å². The van der Waals surface area contributed by atoms with Crippen molar-refractivity contribution in [3.63, 3.8) is 0 Å². The van der Waals surface area contributed by atoms with E-state index in [1.165, 1.54) is 30.0 Å². The first-order valence-corrected chi connectivity index (χ1v) is 9.82. The summed E-state index contributed by atoms with van der Waals surface area (Å²) in [6, 6.07) is 4.45. The lowest BCUT2D eigenvalue weighted by Gasteiger charge is -2.31. The summed E-state index contributed by atoms with van der Waals surface area (Å²) in [4.78, 5) is 13.9. The SMILES string of the molecule is O=C(C1CSCN1S(=O)(=O)c1ccccc1F)N1CCOCC1. The molecule has 9 heteroatoms. The van der Waals surface area contributed by atoms with Crippen molar-refractivity contribution in [2.45, 2.75) is 10.9 Å². The summed E-state index contributed by atoms with van der Waals surface area (Å²) in [6.45, 7) is 1.80. The number of carbonyl (C=O) groups is 1. The topological polar surface area (TPSA) is 66.9 Å². The number of carbonyl (C=O) groups excluding carboxylic acids is 1. The van der Waals surface area contributed by atoms with Gasteiger partial charge in [-0.2, -0.15) is 4.31 Å². The molecule has 1 aromatic rings. The number of rotatable bonds is 3. The molecule has 23 heavy (non-hydrogen) atoms. The summed E-state index contributed by atoms with van der Waals surface area (Å²) in [6.07, 6.45) is 0. The Labute approximate surface area is 138 Å². The molecule has 1 unspecified atom stereocenters. The molecule has 1 amide bonds. The molecule has 126 valence electrons. The summed E-state index contributed by atoms with van der Waals surface area (Å²) in [5.41, 5.74) is 0. The van der Waals surface area contributed by atoms with Crippen LogP contribution >= 0.6 is 11.8 Å². The minimum atomic E-state index is -4.04. The van der Waals surface area contributed by atoms with E-state index < -0.39 is 21.9 Å². The molecule has 0 spiro atoms. The number of benzene rings is 1. The van der Waals surface area contributed by atoms with Gasteiger partial charge < -0.3 is 9.64 Å². The maximum absolute atomic E-state index is 13.9. The number of halogens is 1. The summed E-state index contributed by atoms with van der Waals surface area (Å²) in [5, 5.41) is 0. The molecular weight excluding hydrogens is 343 g/mol. The highest BCUT2D eigenvalue weighted by molar-refractivity contribution is 8.00. The van der Waals surface area contributed by atoms with Crippen molar-refractivity contribution < 1.29 is 22.3 Å². The fourth-order valence-electron chi connectivity index (χ4n) is 2.63. The molecule has 0 bridgehead atoms. The van der Waals surface area contributed by atoms with Gasteiger partial charge in [0.15, 0.2) is 0 Å². The van der Waals surface area contributed by atoms with E-state index in [0.29, 0.717) is 32.1 Å². The average molecular weight is 360 g/mol. The lowest BCUT2D eigenvalue weighted by Crippen LogP contribution is -2.52. The maximum atomic E-state index is 13.9. The van der Waals surface area contributed by atoms with Crippen molar-refractivity contribution in [3.8, 4) is 0 Å². The van der Waals surface area contributed by atoms with Crippen LogP contribution in [0.25, 0.3) is 0 Å². The van der Waals surface area contributed by atoms with Crippen LogP contribution in [0.5, 0.6) is 0 Å². The Morgan fingerprint density at radius 3 is 2.65 bits per heavy atom. The van der Waals surface area contributed by atoms with E-state index >= 15 is 0 Å². The van der Waals surface area contributed by atoms with Crippen LogP contribution in [0.2, 0.25) is 0 Å². The van der Waals surface area contributed by atoms with Crippen LogP contribution in [0.4, 0.5) is 4.39 Å². The zero-order valence-electron chi connectivity index (χ0n) is 12.4. The van der Waals surface area contributed by atoms with Gasteiger partial charge >= 0.3 is 0 Å². The molecule has 0 radical (unpaired) electrons. The summed E-state index contributed by atoms with van der Waals surface area (Å²) < 4.78 is 45.7. The first kappa shape index (κ1) is 16.7. The van der Waals surface area contributed by atoms with Gasteiger partial charge in [-0.15, -0.1) is 11.8 Å². The fourth-order valence-corrected chi connectivity index (χ4v) is 5.84. The minimum absolute atomic E-state index is 0.150. The molecule has 0 saturated carbocycles. The normalized spacial score (nSPS) is 23.2. The monoisotopic (exact) mass is 360 g/mol. The van der Waals surface area contributed by atoms with E-state index in [1.54, 1.807) is 4.90 Å². The number of amides is 1. The Bertz CT molecular complexity index is 692. The van der Waals surface area contributed by atoms with Crippen LogP contribution in [0, 0.1) is 5.82 Å². The Morgan fingerprint density at radius 1 is 1.26 bits per heavy atom. The minimum Gasteiger partial charge on any atom is -0.378 e. The van der Waals surface area contributed by atoms with E-state index in [2.05, 4.69) is 0 Å². The zero-order chi connectivity index (χ0) is 16.4.